The molecule has 2 aromatic carbocycles. The second-order valence-electron chi connectivity index (χ2n) is 9.92. The van der Waals surface area contributed by atoms with Crippen molar-refractivity contribution in [3.63, 3.8) is 0 Å². The zero-order chi connectivity index (χ0) is 29.8. The van der Waals surface area contributed by atoms with Crippen molar-refractivity contribution in [3.8, 4) is 5.75 Å². The van der Waals surface area contributed by atoms with E-state index >= 15 is 0 Å². The van der Waals surface area contributed by atoms with Crippen LogP contribution in [0.25, 0.3) is 6.08 Å². The number of halogens is 8. The van der Waals surface area contributed by atoms with E-state index in [1.807, 2.05) is 25.1 Å². The van der Waals surface area contributed by atoms with Crippen LogP contribution in [0, 0.1) is 0 Å². The molecule has 0 saturated carbocycles. The SMILES string of the molecule is CCc1ccc(C[C@@H]2CN(C/C=C\c3cccnc3)CCN2C(=O)c2cc(C(F)(F)F)cc(C(F)(F)F)c2)cc1O.Cl.Cl. The van der Waals surface area contributed by atoms with Gasteiger partial charge in [-0.15, -0.1) is 24.8 Å². The quantitative estimate of drug-likeness (QED) is 0.273. The molecule has 1 aliphatic rings. The van der Waals surface area contributed by atoms with Gasteiger partial charge < -0.3 is 10.0 Å². The van der Waals surface area contributed by atoms with E-state index in [9.17, 15) is 36.2 Å². The zero-order valence-electron chi connectivity index (χ0n) is 23.0. The molecule has 0 radical (unpaired) electrons. The van der Waals surface area contributed by atoms with Crippen LogP contribution in [-0.4, -0.2) is 58.0 Å². The van der Waals surface area contributed by atoms with Crippen molar-refractivity contribution < 1.29 is 36.2 Å². The Morgan fingerprint density at radius 1 is 1.00 bits per heavy atom. The molecule has 43 heavy (non-hydrogen) atoms. The molecule has 1 atom stereocenters. The number of piperazine rings is 1. The van der Waals surface area contributed by atoms with Crippen LogP contribution in [0.4, 0.5) is 26.3 Å². The van der Waals surface area contributed by atoms with Crippen LogP contribution >= 0.6 is 24.8 Å². The first-order chi connectivity index (χ1) is 19.3. The molecular weight excluding hydrogens is 619 g/mol. The molecule has 0 unspecified atom stereocenters. The molecule has 4 rings (SSSR count). The molecule has 3 aromatic rings. The lowest BCUT2D eigenvalue weighted by atomic mass is 9.98. The molecule has 5 nitrogen and oxygen atoms in total. The lowest BCUT2D eigenvalue weighted by molar-refractivity contribution is -0.143. The van der Waals surface area contributed by atoms with E-state index in [1.165, 1.54) is 4.90 Å². The number of phenolic OH excluding ortho intramolecular Hbond substituents is 1. The summed E-state index contributed by atoms with van der Waals surface area (Å²) in [5, 5.41) is 10.3. The first-order valence-electron chi connectivity index (χ1n) is 13.0. The number of benzene rings is 2. The third kappa shape index (κ3) is 9.35. The first kappa shape index (κ1) is 35.9. The van der Waals surface area contributed by atoms with Gasteiger partial charge in [0.1, 0.15) is 5.75 Å². The topological polar surface area (TPSA) is 56.7 Å². The highest BCUT2D eigenvalue weighted by Crippen LogP contribution is 2.37. The Labute approximate surface area is 258 Å². The Balaban J connectivity index is 0.00000323. The predicted octanol–water partition coefficient (Wildman–Crippen LogP) is 7.31. The van der Waals surface area contributed by atoms with Crippen LogP contribution in [0.5, 0.6) is 5.75 Å². The van der Waals surface area contributed by atoms with E-state index in [0.29, 0.717) is 43.8 Å². The third-order valence-electron chi connectivity index (χ3n) is 7.02. The monoisotopic (exact) mass is 649 g/mol. The van der Waals surface area contributed by atoms with Crippen molar-refractivity contribution in [2.75, 3.05) is 26.2 Å². The summed E-state index contributed by atoms with van der Waals surface area (Å²) < 4.78 is 80.8. The lowest BCUT2D eigenvalue weighted by Gasteiger charge is -2.41. The maximum atomic E-state index is 13.5. The summed E-state index contributed by atoms with van der Waals surface area (Å²) >= 11 is 0. The lowest BCUT2D eigenvalue weighted by Crippen LogP contribution is -2.56. The van der Waals surface area contributed by atoms with Gasteiger partial charge in [-0.2, -0.15) is 26.3 Å². The first-order valence-corrected chi connectivity index (χ1v) is 13.0. The van der Waals surface area contributed by atoms with Gasteiger partial charge in [-0.3, -0.25) is 14.7 Å². The van der Waals surface area contributed by atoms with Gasteiger partial charge in [-0.05, 0) is 59.9 Å². The molecule has 0 aliphatic carbocycles. The van der Waals surface area contributed by atoms with Crippen LogP contribution in [0.3, 0.4) is 0 Å². The zero-order valence-corrected chi connectivity index (χ0v) is 24.7. The molecule has 0 bridgehead atoms. The molecule has 0 spiro atoms. The van der Waals surface area contributed by atoms with E-state index in [0.717, 1.165) is 11.1 Å². The molecule has 1 aromatic heterocycles. The number of carbonyl (C=O) groups is 1. The molecule has 1 saturated heterocycles. The fourth-order valence-corrected chi connectivity index (χ4v) is 4.89. The molecule has 1 N–H and O–H groups in total. The minimum absolute atomic E-state index is 0. The summed E-state index contributed by atoms with van der Waals surface area (Å²) in [4.78, 5) is 21.0. The predicted molar refractivity (Wildman–Crippen MR) is 157 cm³/mol. The molecule has 13 heteroatoms. The van der Waals surface area contributed by atoms with E-state index in [1.54, 1.807) is 36.7 Å². The minimum atomic E-state index is -5.06. The van der Waals surface area contributed by atoms with Gasteiger partial charge in [-0.25, -0.2) is 0 Å². The number of aromatic hydroxyl groups is 1. The number of nitrogens with zero attached hydrogens (tertiary/aromatic N) is 3. The molecule has 1 fully saturated rings. The van der Waals surface area contributed by atoms with Crippen LogP contribution < -0.4 is 0 Å². The standard InChI is InChI=1S/C30H29F6N3O2.2ClH/c1-2-22-8-7-21(14-27(22)40)13-26-19-38(10-4-6-20-5-3-9-37-18-20)11-12-39(26)28(41)23-15-24(29(31,32)33)17-25(16-23)30(34,35)36;;/h3-9,14-18,26,40H,2,10-13,19H2,1H3;2*1H/b6-4-;;/t26-;;/m1../s1. The smallest absolute Gasteiger partial charge is 0.416 e. The van der Waals surface area contributed by atoms with Crippen molar-refractivity contribution in [2.24, 2.45) is 0 Å². The van der Waals surface area contributed by atoms with Crippen molar-refractivity contribution in [2.45, 2.75) is 38.2 Å². The Morgan fingerprint density at radius 3 is 2.23 bits per heavy atom. The summed E-state index contributed by atoms with van der Waals surface area (Å²) in [5.74, 6) is -0.825. The number of rotatable bonds is 7. The van der Waals surface area contributed by atoms with Gasteiger partial charge in [0.2, 0.25) is 0 Å². The summed E-state index contributed by atoms with van der Waals surface area (Å²) in [6, 6.07) is 9.22. The summed E-state index contributed by atoms with van der Waals surface area (Å²) in [6.45, 7) is 3.18. The summed E-state index contributed by atoms with van der Waals surface area (Å²) in [6.07, 6.45) is -2.09. The van der Waals surface area contributed by atoms with E-state index < -0.39 is 41.0 Å². The molecule has 2 heterocycles. The normalized spacial score (nSPS) is 16.1. The Morgan fingerprint density at radius 2 is 1.67 bits per heavy atom. The maximum absolute atomic E-state index is 13.5. The van der Waals surface area contributed by atoms with E-state index in [2.05, 4.69) is 9.88 Å². The number of hydrogen-bond acceptors (Lipinski definition) is 4. The fraction of sp³-hybridized carbons (Fsp3) is 0.333. The summed E-state index contributed by atoms with van der Waals surface area (Å²) in [7, 11) is 0. The number of carbonyl (C=O) groups excluding carboxylic acids is 1. The van der Waals surface area contributed by atoms with Gasteiger partial charge >= 0.3 is 12.4 Å². The number of alkyl halides is 6. The maximum Gasteiger partial charge on any atom is 0.416 e. The number of aromatic nitrogens is 1. The third-order valence-corrected chi connectivity index (χ3v) is 7.02. The van der Waals surface area contributed by atoms with Crippen LogP contribution in [0.2, 0.25) is 0 Å². The van der Waals surface area contributed by atoms with Crippen LogP contribution in [0.15, 0.2) is 67.0 Å². The van der Waals surface area contributed by atoms with Gasteiger partial charge in [0.05, 0.1) is 11.1 Å². The van der Waals surface area contributed by atoms with Gasteiger partial charge in [0.15, 0.2) is 0 Å². The van der Waals surface area contributed by atoms with Crippen LogP contribution in [-0.2, 0) is 25.2 Å². The number of hydrogen-bond donors (Lipinski definition) is 1. The largest absolute Gasteiger partial charge is 0.508 e. The van der Waals surface area contributed by atoms with Crippen molar-refractivity contribution >= 4 is 36.8 Å². The second kappa shape index (κ2) is 14.9. The Hall–Kier alpha value is -3.28. The highest BCUT2D eigenvalue weighted by molar-refractivity contribution is 5.95. The number of amides is 1. The van der Waals surface area contributed by atoms with Crippen molar-refractivity contribution in [1.29, 1.82) is 0 Å². The highest BCUT2D eigenvalue weighted by atomic mass is 35.5. The Bertz CT molecular complexity index is 1370. The molecule has 1 aliphatic heterocycles. The Kier molecular flexibility index (Phi) is 12.5. The minimum Gasteiger partial charge on any atom is -0.508 e. The highest BCUT2D eigenvalue weighted by Gasteiger charge is 2.39. The van der Waals surface area contributed by atoms with E-state index in [4.69, 9.17) is 0 Å². The van der Waals surface area contributed by atoms with Gasteiger partial charge in [-0.1, -0.05) is 37.3 Å². The average molecular weight is 650 g/mol. The van der Waals surface area contributed by atoms with E-state index in [-0.39, 0.29) is 49.6 Å². The number of pyridine rings is 1. The summed E-state index contributed by atoms with van der Waals surface area (Å²) in [5.41, 5.74) is -1.43. The molecule has 1 amide bonds. The molecule has 234 valence electrons. The van der Waals surface area contributed by atoms with Crippen molar-refractivity contribution in [3.05, 3.63) is 100 Å². The number of phenols is 1. The van der Waals surface area contributed by atoms with Gasteiger partial charge in [0.25, 0.3) is 5.91 Å². The molecular formula is C30H31Cl2F6N3O2. The van der Waals surface area contributed by atoms with Gasteiger partial charge in [0, 0.05) is 50.2 Å². The van der Waals surface area contributed by atoms with Crippen molar-refractivity contribution in [1.82, 2.24) is 14.8 Å². The number of aryl methyl sites for hydroxylation is 1. The average Bonchev–Trinajstić information content (AvgIpc) is 2.92. The fourth-order valence-electron chi connectivity index (χ4n) is 4.89. The second-order valence-corrected chi connectivity index (χ2v) is 9.92. The van der Waals surface area contributed by atoms with Crippen LogP contribution in [0.1, 0.15) is 45.1 Å².